The Morgan fingerprint density at radius 3 is 2.89 bits per heavy atom. The number of rotatable bonds is 2. The molecule has 0 radical (unpaired) electrons. The molecule has 0 spiro atoms. The SMILES string of the molecule is Cc1ccc(N2CCC(N)(C(=O)O)C2)c(C#N)c1. The minimum absolute atomic E-state index is 0.236. The van der Waals surface area contributed by atoms with Crippen molar-refractivity contribution in [1.82, 2.24) is 0 Å². The van der Waals surface area contributed by atoms with E-state index in [9.17, 15) is 4.79 Å². The zero-order valence-electron chi connectivity index (χ0n) is 10.2. The first-order chi connectivity index (χ1) is 8.46. The molecule has 1 fully saturated rings. The standard InChI is InChI=1S/C13H15N3O2/c1-9-2-3-11(10(6-9)7-14)16-5-4-13(15,8-16)12(17)18/h2-3,6H,4-5,8,15H2,1H3,(H,17,18). The Kier molecular flexibility index (Phi) is 2.97. The normalized spacial score (nSPS) is 22.8. The number of nitrogens with two attached hydrogens (primary N) is 1. The van der Waals surface area contributed by atoms with Gasteiger partial charge in [-0.1, -0.05) is 6.07 Å². The van der Waals surface area contributed by atoms with Crippen LogP contribution in [0.4, 0.5) is 5.69 Å². The van der Waals surface area contributed by atoms with Crippen LogP contribution in [0, 0.1) is 18.3 Å². The molecule has 18 heavy (non-hydrogen) atoms. The largest absolute Gasteiger partial charge is 0.480 e. The first-order valence-corrected chi connectivity index (χ1v) is 5.74. The third-order valence-electron chi connectivity index (χ3n) is 3.34. The number of benzene rings is 1. The lowest BCUT2D eigenvalue weighted by Crippen LogP contribution is -2.50. The summed E-state index contributed by atoms with van der Waals surface area (Å²) < 4.78 is 0. The first-order valence-electron chi connectivity index (χ1n) is 5.74. The third kappa shape index (κ3) is 2.03. The molecule has 1 heterocycles. The number of hydrogen-bond donors (Lipinski definition) is 2. The molecule has 0 saturated carbocycles. The monoisotopic (exact) mass is 245 g/mol. The summed E-state index contributed by atoms with van der Waals surface area (Å²) in [5, 5.41) is 18.2. The van der Waals surface area contributed by atoms with Crippen molar-refractivity contribution < 1.29 is 9.90 Å². The Morgan fingerprint density at radius 2 is 2.33 bits per heavy atom. The van der Waals surface area contributed by atoms with Gasteiger partial charge in [-0.25, -0.2) is 0 Å². The first kappa shape index (κ1) is 12.4. The van der Waals surface area contributed by atoms with Crippen LogP contribution in [0.1, 0.15) is 17.5 Å². The van der Waals surface area contributed by atoms with E-state index in [1.807, 2.05) is 24.0 Å². The number of hydrogen-bond acceptors (Lipinski definition) is 4. The van der Waals surface area contributed by atoms with E-state index in [0.29, 0.717) is 18.5 Å². The van der Waals surface area contributed by atoms with Gasteiger partial charge >= 0.3 is 5.97 Å². The average Bonchev–Trinajstić information content (AvgIpc) is 2.73. The summed E-state index contributed by atoms with van der Waals surface area (Å²) in [5.41, 5.74) is 6.94. The maximum Gasteiger partial charge on any atom is 0.325 e. The number of anilines is 1. The topological polar surface area (TPSA) is 90.3 Å². The molecule has 1 atom stereocenters. The maximum absolute atomic E-state index is 11.1. The van der Waals surface area contributed by atoms with Gasteiger partial charge in [0, 0.05) is 13.1 Å². The molecule has 1 saturated heterocycles. The van der Waals surface area contributed by atoms with Crippen LogP contribution in [0.25, 0.3) is 0 Å². The quantitative estimate of drug-likeness (QED) is 0.806. The van der Waals surface area contributed by atoms with Crippen molar-refractivity contribution in [3.05, 3.63) is 29.3 Å². The number of nitrogens with zero attached hydrogens (tertiary/aromatic N) is 2. The van der Waals surface area contributed by atoms with Crippen molar-refractivity contribution in [2.75, 3.05) is 18.0 Å². The smallest absolute Gasteiger partial charge is 0.325 e. The molecule has 0 bridgehead atoms. The highest BCUT2D eigenvalue weighted by molar-refractivity contribution is 5.81. The highest BCUT2D eigenvalue weighted by atomic mass is 16.4. The lowest BCUT2D eigenvalue weighted by molar-refractivity contribution is -0.142. The predicted octanol–water partition coefficient (Wildman–Crippen LogP) is 0.859. The second kappa shape index (κ2) is 4.31. The van der Waals surface area contributed by atoms with Gasteiger partial charge in [0.1, 0.15) is 11.6 Å². The van der Waals surface area contributed by atoms with Gasteiger partial charge < -0.3 is 15.7 Å². The molecular weight excluding hydrogens is 230 g/mol. The summed E-state index contributed by atoms with van der Waals surface area (Å²) >= 11 is 0. The van der Waals surface area contributed by atoms with E-state index >= 15 is 0 Å². The molecule has 5 nitrogen and oxygen atoms in total. The molecule has 94 valence electrons. The van der Waals surface area contributed by atoms with Gasteiger partial charge in [-0.15, -0.1) is 0 Å². The molecule has 1 aromatic carbocycles. The van der Waals surface area contributed by atoms with Crippen molar-refractivity contribution in [3.63, 3.8) is 0 Å². The summed E-state index contributed by atoms with van der Waals surface area (Å²) in [5.74, 6) is -0.990. The molecule has 3 N–H and O–H groups in total. The zero-order chi connectivity index (χ0) is 13.3. The maximum atomic E-state index is 11.1. The minimum atomic E-state index is -1.21. The second-order valence-electron chi connectivity index (χ2n) is 4.77. The molecule has 0 aliphatic carbocycles. The number of carbonyl (C=O) groups is 1. The van der Waals surface area contributed by atoms with Gasteiger partial charge in [0.15, 0.2) is 0 Å². The summed E-state index contributed by atoms with van der Waals surface area (Å²) in [4.78, 5) is 13.0. The summed E-state index contributed by atoms with van der Waals surface area (Å²) in [6, 6.07) is 7.70. The van der Waals surface area contributed by atoms with Crippen molar-refractivity contribution in [2.45, 2.75) is 18.9 Å². The Labute approximate surface area is 105 Å². The van der Waals surface area contributed by atoms with Crippen molar-refractivity contribution in [2.24, 2.45) is 5.73 Å². The molecule has 0 aromatic heterocycles. The van der Waals surface area contributed by atoms with E-state index in [2.05, 4.69) is 6.07 Å². The van der Waals surface area contributed by atoms with Gasteiger partial charge in [-0.05, 0) is 31.0 Å². The lowest BCUT2D eigenvalue weighted by Gasteiger charge is -2.22. The van der Waals surface area contributed by atoms with Crippen LogP contribution in [-0.2, 0) is 4.79 Å². The molecule has 5 heteroatoms. The molecule has 2 rings (SSSR count). The fraction of sp³-hybridized carbons (Fsp3) is 0.385. The lowest BCUT2D eigenvalue weighted by atomic mass is 10.0. The number of carboxylic acids is 1. The minimum Gasteiger partial charge on any atom is -0.480 e. The van der Waals surface area contributed by atoms with Crippen LogP contribution in [0.15, 0.2) is 18.2 Å². The Bertz CT molecular complexity index is 536. The van der Waals surface area contributed by atoms with Gasteiger partial charge in [-0.3, -0.25) is 4.79 Å². The molecule has 1 unspecified atom stereocenters. The second-order valence-corrected chi connectivity index (χ2v) is 4.77. The van der Waals surface area contributed by atoms with Crippen LogP contribution in [-0.4, -0.2) is 29.7 Å². The van der Waals surface area contributed by atoms with Crippen LogP contribution in [0.2, 0.25) is 0 Å². The zero-order valence-corrected chi connectivity index (χ0v) is 10.2. The van der Waals surface area contributed by atoms with E-state index in [0.717, 1.165) is 11.3 Å². The molecule has 1 aliphatic heterocycles. The Hall–Kier alpha value is -2.06. The fourth-order valence-corrected chi connectivity index (χ4v) is 2.23. The van der Waals surface area contributed by atoms with Crippen LogP contribution in [0.5, 0.6) is 0 Å². The van der Waals surface area contributed by atoms with Crippen molar-refractivity contribution in [3.8, 4) is 6.07 Å². The fourth-order valence-electron chi connectivity index (χ4n) is 2.23. The highest BCUT2D eigenvalue weighted by Gasteiger charge is 2.41. The van der Waals surface area contributed by atoms with Gasteiger partial charge in [0.2, 0.25) is 0 Å². The van der Waals surface area contributed by atoms with Crippen LogP contribution in [0.3, 0.4) is 0 Å². The Balaban J connectivity index is 2.30. The average molecular weight is 245 g/mol. The van der Waals surface area contributed by atoms with E-state index in [4.69, 9.17) is 16.1 Å². The van der Waals surface area contributed by atoms with Crippen LogP contribution < -0.4 is 10.6 Å². The number of aryl methyl sites for hydroxylation is 1. The van der Waals surface area contributed by atoms with E-state index in [-0.39, 0.29) is 6.54 Å². The van der Waals surface area contributed by atoms with Gasteiger partial charge in [0.05, 0.1) is 11.3 Å². The van der Waals surface area contributed by atoms with Gasteiger partial charge in [0.25, 0.3) is 0 Å². The third-order valence-corrected chi connectivity index (χ3v) is 3.34. The molecule has 1 aliphatic rings. The van der Waals surface area contributed by atoms with Crippen molar-refractivity contribution in [1.29, 1.82) is 5.26 Å². The number of nitriles is 1. The van der Waals surface area contributed by atoms with E-state index in [1.54, 1.807) is 6.07 Å². The molecule has 0 amide bonds. The number of aliphatic carboxylic acids is 1. The summed E-state index contributed by atoms with van der Waals surface area (Å²) in [6.45, 7) is 2.71. The van der Waals surface area contributed by atoms with Crippen LogP contribution >= 0.6 is 0 Å². The molecule has 1 aromatic rings. The highest BCUT2D eigenvalue weighted by Crippen LogP contribution is 2.28. The van der Waals surface area contributed by atoms with Crippen molar-refractivity contribution >= 4 is 11.7 Å². The van der Waals surface area contributed by atoms with E-state index in [1.165, 1.54) is 0 Å². The Morgan fingerprint density at radius 1 is 1.61 bits per heavy atom. The summed E-state index contributed by atoms with van der Waals surface area (Å²) in [6.07, 6.45) is 0.390. The summed E-state index contributed by atoms with van der Waals surface area (Å²) in [7, 11) is 0. The predicted molar refractivity (Wildman–Crippen MR) is 67.3 cm³/mol. The number of carboxylic acid groups (broad SMARTS) is 1. The van der Waals surface area contributed by atoms with E-state index < -0.39 is 11.5 Å². The van der Waals surface area contributed by atoms with Gasteiger partial charge in [-0.2, -0.15) is 5.26 Å². The molecular formula is C13H15N3O2.